The highest BCUT2D eigenvalue weighted by molar-refractivity contribution is 14.1. The zero-order chi connectivity index (χ0) is 11.6. The Morgan fingerprint density at radius 1 is 1.60 bits per heavy atom. The zero-order valence-corrected chi connectivity index (χ0v) is 9.42. The number of carbonyl (C=O) groups is 1. The number of alkyl halides is 2. The average molecular weight is 329 g/mol. The van der Waals surface area contributed by atoms with Crippen molar-refractivity contribution in [3.05, 3.63) is 31.2 Å². The molecule has 0 amide bonds. The summed E-state index contributed by atoms with van der Waals surface area (Å²) in [7, 11) is 0. The predicted octanol–water partition coefficient (Wildman–Crippen LogP) is 1.54. The third-order valence-electron chi connectivity index (χ3n) is 1.70. The van der Waals surface area contributed by atoms with Gasteiger partial charge in [0, 0.05) is 17.2 Å². The average Bonchev–Trinajstić information content (AvgIpc) is 2.08. The molecule has 2 N–H and O–H groups in total. The van der Waals surface area contributed by atoms with Crippen molar-refractivity contribution in [2.75, 3.05) is 0 Å². The van der Waals surface area contributed by atoms with Crippen LogP contribution in [-0.4, -0.2) is 16.1 Å². The molecule has 0 saturated heterocycles. The Bertz CT molecular complexity index is 444. The third kappa shape index (κ3) is 2.98. The summed E-state index contributed by atoms with van der Waals surface area (Å²) in [6, 6.07) is 0.727. The molecule has 1 heterocycles. The number of H-pyrrole nitrogens is 1. The van der Waals surface area contributed by atoms with Crippen LogP contribution in [0.4, 0.5) is 8.78 Å². The van der Waals surface area contributed by atoms with E-state index in [1.54, 1.807) is 22.6 Å². The van der Waals surface area contributed by atoms with Crippen molar-refractivity contribution in [3.63, 3.8) is 0 Å². The number of aromatic amines is 1. The molecule has 15 heavy (non-hydrogen) atoms. The van der Waals surface area contributed by atoms with Crippen molar-refractivity contribution in [1.82, 2.24) is 4.98 Å². The van der Waals surface area contributed by atoms with Crippen LogP contribution in [0.2, 0.25) is 0 Å². The molecular formula is C8H6F2INO3. The number of halogens is 3. The van der Waals surface area contributed by atoms with Crippen LogP contribution in [0.25, 0.3) is 0 Å². The fourth-order valence-electron chi connectivity index (χ4n) is 1.10. The van der Waals surface area contributed by atoms with E-state index in [0.717, 1.165) is 6.07 Å². The Morgan fingerprint density at radius 2 is 2.20 bits per heavy atom. The van der Waals surface area contributed by atoms with Crippen LogP contribution in [0.1, 0.15) is 17.6 Å². The van der Waals surface area contributed by atoms with Gasteiger partial charge in [-0.05, 0) is 22.6 Å². The molecule has 0 saturated carbocycles. The Labute approximate surface area is 96.5 Å². The molecule has 1 aromatic rings. The first-order valence-electron chi connectivity index (χ1n) is 3.83. The van der Waals surface area contributed by atoms with Crippen molar-refractivity contribution < 1.29 is 18.7 Å². The van der Waals surface area contributed by atoms with Crippen LogP contribution in [0.3, 0.4) is 0 Å². The number of carboxylic acid groups (broad SMARTS) is 1. The minimum absolute atomic E-state index is 0.0438. The van der Waals surface area contributed by atoms with E-state index in [1.807, 2.05) is 0 Å². The molecule has 0 aliphatic heterocycles. The molecule has 0 aliphatic carbocycles. The van der Waals surface area contributed by atoms with Gasteiger partial charge in [0.15, 0.2) is 0 Å². The fraction of sp³-hybridized carbons (Fsp3) is 0.250. The quantitative estimate of drug-likeness (QED) is 0.653. The number of rotatable bonds is 3. The second kappa shape index (κ2) is 4.69. The molecule has 0 spiro atoms. The number of pyridine rings is 1. The molecule has 1 aromatic heterocycles. The lowest BCUT2D eigenvalue weighted by Gasteiger charge is -2.08. The van der Waals surface area contributed by atoms with Crippen LogP contribution >= 0.6 is 22.6 Å². The van der Waals surface area contributed by atoms with Crippen LogP contribution in [-0.2, 0) is 11.2 Å². The fourth-order valence-corrected chi connectivity index (χ4v) is 1.87. The van der Waals surface area contributed by atoms with Gasteiger partial charge >= 0.3 is 5.97 Å². The molecule has 82 valence electrons. The topological polar surface area (TPSA) is 70.2 Å². The van der Waals surface area contributed by atoms with E-state index < -0.39 is 29.9 Å². The molecule has 0 bridgehead atoms. The first kappa shape index (κ1) is 12.1. The number of hydrogen-bond donors (Lipinski definition) is 2. The van der Waals surface area contributed by atoms with Crippen LogP contribution in [0, 0.1) is 3.70 Å². The third-order valence-corrected chi connectivity index (χ3v) is 2.62. The van der Waals surface area contributed by atoms with Gasteiger partial charge < -0.3 is 10.1 Å². The highest BCUT2D eigenvalue weighted by atomic mass is 127. The Hall–Kier alpha value is -0.990. The highest BCUT2D eigenvalue weighted by Crippen LogP contribution is 2.24. The van der Waals surface area contributed by atoms with Crippen LogP contribution < -0.4 is 5.56 Å². The molecular weight excluding hydrogens is 323 g/mol. The van der Waals surface area contributed by atoms with Gasteiger partial charge in [0.2, 0.25) is 5.56 Å². The summed E-state index contributed by atoms with van der Waals surface area (Å²) in [4.78, 5) is 23.6. The van der Waals surface area contributed by atoms with E-state index in [4.69, 9.17) is 5.11 Å². The number of carboxylic acids is 1. The Kier molecular flexibility index (Phi) is 3.77. The smallest absolute Gasteiger partial charge is 0.307 e. The maximum Gasteiger partial charge on any atom is 0.307 e. The highest BCUT2D eigenvalue weighted by Gasteiger charge is 2.18. The number of nitrogens with one attached hydrogen (secondary N) is 1. The minimum Gasteiger partial charge on any atom is -0.481 e. The summed E-state index contributed by atoms with van der Waals surface area (Å²) in [5, 5.41) is 8.53. The van der Waals surface area contributed by atoms with E-state index in [1.165, 1.54) is 0 Å². The van der Waals surface area contributed by atoms with Gasteiger partial charge in [-0.3, -0.25) is 9.59 Å². The van der Waals surface area contributed by atoms with E-state index in [2.05, 4.69) is 4.98 Å². The molecule has 0 atom stereocenters. The second-order valence-electron chi connectivity index (χ2n) is 2.75. The lowest BCUT2D eigenvalue weighted by molar-refractivity contribution is -0.136. The molecule has 1 rings (SSSR count). The van der Waals surface area contributed by atoms with Gasteiger partial charge in [-0.15, -0.1) is 0 Å². The van der Waals surface area contributed by atoms with Crippen LogP contribution in [0.5, 0.6) is 0 Å². The van der Waals surface area contributed by atoms with Gasteiger partial charge in [-0.2, -0.15) is 0 Å². The summed E-state index contributed by atoms with van der Waals surface area (Å²) in [5.41, 5.74) is -1.23. The molecule has 0 fully saturated rings. The molecule has 0 unspecified atom stereocenters. The number of aliphatic carboxylic acids is 1. The van der Waals surface area contributed by atoms with Crippen molar-refractivity contribution in [1.29, 1.82) is 0 Å². The van der Waals surface area contributed by atoms with Gasteiger partial charge in [0.25, 0.3) is 6.43 Å². The van der Waals surface area contributed by atoms with Crippen molar-refractivity contribution >= 4 is 28.6 Å². The zero-order valence-electron chi connectivity index (χ0n) is 7.26. The minimum atomic E-state index is -2.85. The summed E-state index contributed by atoms with van der Waals surface area (Å²) < 4.78 is 25.1. The van der Waals surface area contributed by atoms with Gasteiger partial charge in [0.05, 0.1) is 10.1 Å². The monoisotopic (exact) mass is 329 g/mol. The molecule has 0 aromatic carbocycles. The summed E-state index contributed by atoms with van der Waals surface area (Å²) in [6.45, 7) is 0. The summed E-state index contributed by atoms with van der Waals surface area (Å²) >= 11 is 1.63. The van der Waals surface area contributed by atoms with Crippen molar-refractivity contribution in [2.45, 2.75) is 12.8 Å². The maximum atomic E-state index is 12.5. The van der Waals surface area contributed by atoms with Gasteiger partial charge in [-0.25, -0.2) is 8.78 Å². The lowest BCUT2D eigenvalue weighted by Crippen LogP contribution is -2.15. The normalized spacial score (nSPS) is 10.7. The molecule has 7 heteroatoms. The number of hydrogen-bond acceptors (Lipinski definition) is 2. The second-order valence-corrected chi connectivity index (χ2v) is 3.83. The lowest BCUT2D eigenvalue weighted by atomic mass is 10.1. The number of aromatic nitrogens is 1. The Balaban J connectivity index is 3.33. The predicted molar refractivity (Wildman–Crippen MR) is 56.1 cm³/mol. The van der Waals surface area contributed by atoms with E-state index in [-0.39, 0.29) is 9.26 Å². The molecule has 4 nitrogen and oxygen atoms in total. The largest absolute Gasteiger partial charge is 0.481 e. The van der Waals surface area contributed by atoms with E-state index in [9.17, 15) is 18.4 Å². The van der Waals surface area contributed by atoms with Gasteiger partial charge in [-0.1, -0.05) is 0 Å². The van der Waals surface area contributed by atoms with E-state index in [0.29, 0.717) is 0 Å². The first-order chi connectivity index (χ1) is 6.91. The Morgan fingerprint density at radius 3 is 2.67 bits per heavy atom. The summed E-state index contributed by atoms with van der Waals surface area (Å²) in [6.07, 6.45) is -3.38. The van der Waals surface area contributed by atoms with Crippen molar-refractivity contribution in [2.24, 2.45) is 0 Å². The van der Waals surface area contributed by atoms with Gasteiger partial charge in [0.1, 0.15) is 0 Å². The maximum absolute atomic E-state index is 12.5. The van der Waals surface area contributed by atoms with E-state index >= 15 is 0 Å². The standard InChI is InChI=1S/C8H6F2INO3/c9-7(10)3-1-5(13)12-8(11)4(3)2-6(14)15/h1,7H,2H2,(H,12,13)(H,14,15). The SMILES string of the molecule is O=C(O)Cc1c(C(F)F)cc(=O)[nH]c1I. The first-order valence-corrected chi connectivity index (χ1v) is 4.91. The molecule has 0 aliphatic rings. The van der Waals surface area contributed by atoms with Crippen LogP contribution in [0.15, 0.2) is 10.9 Å². The van der Waals surface area contributed by atoms with Crippen molar-refractivity contribution in [3.8, 4) is 0 Å². The summed E-state index contributed by atoms with van der Waals surface area (Å²) in [5.74, 6) is -1.22. The molecule has 0 radical (unpaired) electrons.